The molecule has 1 aromatic heterocycles. The number of esters is 2. The van der Waals surface area contributed by atoms with E-state index in [1.54, 1.807) is 20.8 Å². The zero-order chi connectivity index (χ0) is 21.8. The molecule has 0 bridgehead atoms. The van der Waals surface area contributed by atoms with Crippen LogP contribution in [0.15, 0.2) is 18.2 Å². The number of aromatic nitrogens is 1. The smallest absolute Gasteiger partial charge is 0.388 e. The Morgan fingerprint density at radius 1 is 1.31 bits per heavy atom. The van der Waals surface area contributed by atoms with Gasteiger partial charge in [0.05, 0.1) is 13.2 Å². The van der Waals surface area contributed by atoms with Gasteiger partial charge in [-0.2, -0.15) is 13.8 Å². The van der Waals surface area contributed by atoms with Crippen LogP contribution in [0.1, 0.15) is 27.7 Å². The molecule has 29 heavy (non-hydrogen) atoms. The van der Waals surface area contributed by atoms with Gasteiger partial charge < -0.3 is 18.9 Å². The fourth-order valence-electron chi connectivity index (χ4n) is 2.53. The van der Waals surface area contributed by atoms with E-state index in [0.29, 0.717) is 0 Å². The normalized spacial score (nSPS) is 18.4. The summed E-state index contributed by atoms with van der Waals surface area (Å²) in [5.74, 6) is -2.85. The largest absolute Gasteiger partial charge is 0.457 e. The molecule has 1 amide bonds. The number of hydrogen-bond acceptors (Lipinski definition) is 8. The number of anilines is 1. The predicted octanol–water partition coefficient (Wildman–Crippen LogP) is 1.69. The third-order valence-corrected chi connectivity index (χ3v) is 3.52. The first-order valence-electron chi connectivity index (χ1n) is 8.73. The highest BCUT2D eigenvalue weighted by atomic mass is 19.3. The van der Waals surface area contributed by atoms with Crippen molar-refractivity contribution >= 4 is 23.7 Å². The highest BCUT2D eigenvalue weighted by Crippen LogP contribution is 2.24. The van der Waals surface area contributed by atoms with Crippen molar-refractivity contribution in [3.8, 4) is 5.88 Å². The van der Waals surface area contributed by atoms with Crippen LogP contribution in [0, 0.1) is 0 Å². The van der Waals surface area contributed by atoms with Gasteiger partial charge in [-0.1, -0.05) is 6.07 Å². The molecule has 2 heterocycles. The highest BCUT2D eigenvalue weighted by Gasteiger charge is 2.44. The van der Waals surface area contributed by atoms with Gasteiger partial charge in [0.1, 0.15) is 11.4 Å². The van der Waals surface area contributed by atoms with Crippen LogP contribution in [0.3, 0.4) is 0 Å². The third kappa shape index (κ3) is 6.34. The molecule has 0 unspecified atom stereocenters. The van der Waals surface area contributed by atoms with E-state index >= 15 is 0 Å². The van der Waals surface area contributed by atoms with E-state index in [-0.39, 0.29) is 24.8 Å². The molecule has 1 fully saturated rings. The maximum atomic E-state index is 12.9. The van der Waals surface area contributed by atoms with Crippen LogP contribution in [0.25, 0.3) is 0 Å². The zero-order valence-electron chi connectivity index (χ0n) is 16.4. The summed E-state index contributed by atoms with van der Waals surface area (Å²) in [6.07, 6.45) is -3.12. The minimum Gasteiger partial charge on any atom is -0.457 e. The van der Waals surface area contributed by atoms with Crippen molar-refractivity contribution in [2.75, 3.05) is 18.1 Å². The van der Waals surface area contributed by atoms with Gasteiger partial charge >= 0.3 is 18.6 Å². The van der Waals surface area contributed by atoms with E-state index in [1.807, 2.05) is 0 Å². The van der Waals surface area contributed by atoms with Crippen molar-refractivity contribution in [3.05, 3.63) is 18.2 Å². The van der Waals surface area contributed by atoms with E-state index in [1.165, 1.54) is 18.2 Å². The molecule has 0 aromatic carbocycles. The molecular weight excluding hydrogens is 394 g/mol. The van der Waals surface area contributed by atoms with Gasteiger partial charge in [0, 0.05) is 13.0 Å². The van der Waals surface area contributed by atoms with E-state index < -0.39 is 42.3 Å². The molecule has 0 radical (unpaired) electrons. The number of carbonyl (C=O) groups excluding carboxylic acids is 3. The first-order valence-corrected chi connectivity index (χ1v) is 8.73. The van der Waals surface area contributed by atoms with Gasteiger partial charge in [-0.3, -0.25) is 14.5 Å². The van der Waals surface area contributed by atoms with Crippen LogP contribution in [0.4, 0.5) is 14.6 Å². The second-order valence-electron chi connectivity index (χ2n) is 7.06. The van der Waals surface area contributed by atoms with E-state index in [0.717, 1.165) is 11.8 Å². The van der Waals surface area contributed by atoms with Gasteiger partial charge in [0.2, 0.25) is 12.0 Å². The minimum atomic E-state index is -3.08. The molecule has 0 saturated carbocycles. The molecule has 9 nitrogen and oxygen atoms in total. The van der Waals surface area contributed by atoms with E-state index in [9.17, 15) is 23.2 Å². The lowest BCUT2D eigenvalue weighted by Gasteiger charge is -2.35. The molecule has 0 aliphatic carbocycles. The number of halogens is 2. The Morgan fingerprint density at radius 2 is 2.00 bits per heavy atom. The van der Waals surface area contributed by atoms with Gasteiger partial charge in [-0.15, -0.1) is 0 Å². The van der Waals surface area contributed by atoms with E-state index in [4.69, 9.17) is 14.2 Å². The van der Waals surface area contributed by atoms with Crippen molar-refractivity contribution in [3.63, 3.8) is 0 Å². The van der Waals surface area contributed by atoms with Crippen molar-refractivity contribution in [2.45, 2.75) is 52.1 Å². The van der Waals surface area contributed by atoms with Crippen LogP contribution >= 0.6 is 0 Å². The highest BCUT2D eigenvalue weighted by molar-refractivity contribution is 6.00. The summed E-state index contributed by atoms with van der Waals surface area (Å²) in [6, 6.07) is 4.00. The summed E-state index contributed by atoms with van der Waals surface area (Å²) >= 11 is 0. The van der Waals surface area contributed by atoms with Crippen molar-refractivity contribution in [2.24, 2.45) is 0 Å². The number of carbonyl (C=O) groups is 3. The summed E-state index contributed by atoms with van der Waals surface area (Å²) < 4.78 is 44.7. The second-order valence-corrected chi connectivity index (χ2v) is 7.06. The molecule has 2 atom stereocenters. The summed E-state index contributed by atoms with van der Waals surface area (Å²) in [4.78, 5) is 41.9. The Bertz CT molecular complexity index is 767. The lowest BCUT2D eigenvalue weighted by atomic mass is 10.1. The summed E-state index contributed by atoms with van der Waals surface area (Å²) in [6.45, 7) is 2.87. The zero-order valence-corrected chi connectivity index (χ0v) is 16.4. The monoisotopic (exact) mass is 416 g/mol. The van der Waals surface area contributed by atoms with Crippen LogP contribution < -0.4 is 9.64 Å². The average Bonchev–Trinajstić information content (AvgIpc) is 2.58. The second kappa shape index (κ2) is 9.12. The fourth-order valence-corrected chi connectivity index (χ4v) is 2.53. The molecule has 1 aliphatic heterocycles. The Balaban J connectivity index is 2.27. The number of morpholine rings is 1. The third-order valence-electron chi connectivity index (χ3n) is 3.52. The number of rotatable bonds is 6. The van der Waals surface area contributed by atoms with Gasteiger partial charge in [0.15, 0.2) is 6.10 Å². The first kappa shape index (κ1) is 22.5. The van der Waals surface area contributed by atoms with Crippen LogP contribution in [-0.2, 0) is 28.6 Å². The van der Waals surface area contributed by atoms with Gasteiger partial charge in [0.25, 0.3) is 5.91 Å². The molecule has 1 aliphatic rings. The van der Waals surface area contributed by atoms with Crippen LogP contribution in [-0.4, -0.2) is 60.4 Å². The molecule has 2 rings (SSSR count). The summed E-state index contributed by atoms with van der Waals surface area (Å²) in [5, 5.41) is 0. The van der Waals surface area contributed by atoms with Crippen LogP contribution in [0.2, 0.25) is 0 Å². The van der Waals surface area contributed by atoms with Crippen LogP contribution in [0.5, 0.6) is 5.88 Å². The lowest BCUT2D eigenvalue weighted by Crippen LogP contribution is -2.56. The average molecular weight is 416 g/mol. The maximum Gasteiger partial charge on any atom is 0.388 e. The quantitative estimate of drug-likeness (QED) is 0.646. The molecule has 11 heteroatoms. The van der Waals surface area contributed by atoms with Crippen molar-refractivity contribution in [1.29, 1.82) is 0 Å². The summed E-state index contributed by atoms with van der Waals surface area (Å²) in [7, 11) is 0. The van der Waals surface area contributed by atoms with Gasteiger partial charge in [-0.05, 0) is 26.8 Å². The Hall–Kier alpha value is -2.82. The Morgan fingerprint density at radius 3 is 2.59 bits per heavy atom. The Labute approximate surface area is 165 Å². The predicted molar refractivity (Wildman–Crippen MR) is 94.4 cm³/mol. The SMILES string of the molecule is CC(=O)O[C@@H](C(=O)OC(C)(C)C)[C@H]1OCCN(c2cccc(OC(F)F)n2)C1=O. The standard InChI is InChI=1S/C18H22F2N2O7/c1-10(23)27-14(16(25)29-18(2,3)4)13-15(24)22(8-9-26-13)11-6-5-7-12(21-11)28-17(19)20/h5-7,13-14,17H,8-9H2,1-4H3/t13-,14-/m1/s1. The number of amides is 1. The van der Waals surface area contributed by atoms with Crippen molar-refractivity contribution < 1.29 is 42.1 Å². The molecular formula is C18H22F2N2O7. The lowest BCUT2D eigenvalue weighted by molar-refractivity contribution is -0.188. The summed E-state index contributed by atoms with van der Waals surface area (Å²) in [5.41, 5.74) is -0.893. The number of nitrogens with zero attached hydrogens (tertiary/aromatic N) is 2. The first-order chi connectivity index (χ1) is 13.5. The number of hydrogen-bond donors (Lipinski definition) is 0. The van der Waals surface area contributed by atoms with Crippen molar-refractivity contribution in [1.82, 2.24) is 4.98 Å². The molecule has 0 spiro atoms. The topological polar surface area (TPSA) is 104 Å². The Kier molecular flexibility index (Phi) is 7.07. The molecule has 0 N–H and O–H groups in total. The number of alkyl halides is 2. The number of ether oxygens (including phenoxy) is 4. The maximum absolute atomic E-state index is 12.9. The fraction of sp³-hybridized carbons (Fsp3) is 0.556. The van der Waals surface area contributed by atoms with Gasteiger partial charge in [-0.25, -0.2) is 4.79 Å². The minimum absolute atomic E-state index is 0.0153. The van der Waals surface area contributed by atoms with E-state index in [2.05, 4.69) is 9.72 Å². The molecule has 160 valence electrons. The molecule has 1 saturated heterocycles. The molecule has 1 aromatic rings. The number of pyridine rings is 1.